The number of alkyl halides is 6. The van der Waals surface area contributed by atoms with Crippen molar-refractivity contribution in [3.8, 4) is 6.07 Å². The van der Waals surface area contributed by atoms with Crippen molar-refractivity contribution in [1.29, 1.82) is 5.26 Å². The Kier molecular flexibility index (Phi) is 6.64. The van der Waals surface area contributed by atoms with Gasteiger partial charge in [0, 0.05) is 36.2 Å². The zero-order valence-corrected chi connectivity index (χ0v) is 17.7. The lowest BCUT2D eigenvalue weighted by atomic mass is 9.96. The lowest BCUT2D eigenvalue weighted by Crippen LogP contribution is -2.69. The lowest BCUT2D eigenvalue weighted by molar-refractivity contribution is -0.188. The quantitative estimate of drug-likeness (QED) is 0.467. The summed E-state index contributed by atoms with van der Waals surface area (Å²) in [6.07, 6.45) is -8.80. The molecule has 1 fully saturated rings. The third-order valence-electron chi connectivity index (χ3n) is 5.49. The van der Waals surface area contributed by atoms with Gasteiger partial charge in [-0.15, -0.1) is 0 Å². The monoisotopic (exact) mass is 489 g/mol. The highest BCUT2D eigenvalue weighted by atomic mass is 19.4. The zero-order valence-electron chi connectivity index (χ0n) is 17.7. The van der Waals surface area contributed by atoms with E-state index in [-0.39, 0.29) is 17.9 Å². The van der Waals surface area contributed by atoms with E-state index in [1.54, 1.807) is 0 Å². The Labute approximate surface area is 189 Å². The van der Waals surface area contributed by atoms with E-state index in [0.29, 0.717) is 11.0 Å². The Morgan fingerprint density at radius 3 is 2.38 bits per heavy atom. The number of pyridine rings is 1. The number of hydrogen-bond acceptors (Lipinski definition) is 4. The molecule has 0 saturated carbocycles. The summed E-state index contributed by atoms with van der Waals surface area (Å²) in [5.74, 6) is -0.947. The van der Waals surface area contributed by atoms with E-state index in [2.05, 4.69) is 10.3 Å². The predicted octanol–water partition coefficient (Wildman–Crippen LogP) is 5.17. The van der Waals surface area contributed by atoms with Crippen molar-refractivity contribution in [3.63, 3.8) is 0 Å². The maximum Gasteiger partial charge on any atom is 0.417 e. The van der Waals surface area contributed by atoms with Gasteiger partial charge in [-0.05, 0) is 38.1 Å². The summed E-state index contributed by atoms with van der Waals surface area (Å²) in [5.41, 5.74) is -2.21. The Balaban J connectivity index is 1.98. The van der Waals surface area contributed by atoms with Gasteiger partial charge in [0.2, 0.25) is 5.95 Å². The van der Waals surface area contributed by atoms with Crippen LogP contribution in [-0.2, 0) is 6.18 Å². The van der Waals surface area contributed by atoms with Crippen molar-refractivity contribution < 1.29 is 35.5 Å². The standard InChI is InChI=1S/C21H18F7N5O/c1-11-10-32(15-4-3-13(9-29)16(8-15)20(23,24)25)12(2)18(21(26,27)28)33(11)19(34)31-14-5-6-30-17(22)7-14/h3-8,11-12,18H,10H2,1-2H3,(H,30,31,34)/t11-,12+,18?/m1/s1. The molecule has 3 rings (SSSR count). The van der Waals surface area contributed by atoms with Crippen LogP contribution in [0.25, 0.3) is 0 Å². The van der Waals surface area contributed by atoms with Crippen molar-refractivity contribution in [1.82, 2.24) is 9.88 Å². The van der Waals surface area contributed by atoms with Gasteiger partial charge in [0.25, 0.3) is 0 Å². The van der Waals surface area contributed by atoms with Crippen LogP contribution in [0.15, 0.2) is 36.5 Å². The Hall–Kier alpha value is -3.56. The fraction of sp³-hybridized carbons (Fsp3) is 0.381. The molecule has 182 valence electrons. The molecule has 1 aliphatic heterocycles. The van der Waals surface area contributed by atoms with Crippen molar-refractivity contribution in [2.24, 2.45) is 0 Å². The van der Waals surface area contributed by atoms with E-state index in [1.807, 2.05) is 0 Å². The first-order chi connectivity index (χ1) is 15.7. The van der Waals surface area contributed by atoms with Gasteiger partial charge in [-0.25, -0.2) is 9.78 Å². The average Bonchev–Trinajstić information content (AvgIpc) is 2.72. The van der Waals surface area contributed by atoms with Crippen molar-refractivity contribution in [2.75, 3.05) is 16.8 Å². The Morgan fingerprint density at radius 1 is 1.15 bits per heavy atom. The van der Waals surface area contributed by atoms with Crippen LogP contribution in [0.5, 0.6) is 0 Å². The van der Waals surface area contributed by atoms with Crippen LogP contribution in [-0.4, -0.2) is 46.8 Å². The third kappa shape index (κ3) is 5.00. The smallest absolute Gasteiger partial charge is 0.364 e. The van der Waals surface area contributed by atoms with E-state index >= 15 is 0 Å². The zero-order chi connectivity index (χ0) is 25.4. The van der Waals surface area contributed by atoms with E-state index in [0.717, 1.165) is 36.2 Å². The van der Waals surface area contributed by atoms with Gasteiger partial charge >= 0.3 is 18.4 Å². The number of anilines is 2. The van der Waals surface area contributed by atoms with Crippen molar-refractivity contribution in [3.05, 3.63) is 53.6 Å². The van der Waals surface area contributed by atoms with Crippen LogP contribution in [0, 0.1) is 17.3 Å². The lowest BCUT2D eigenvalue weighted by Gasteiger charge is -2.50. The predicted molar refractivity (Wildman–Crippen MR) is 107 cm³/mol. The van der Waals surface area contributed by atoms with Crippen LogP contribution in [0.4, 0.5) is 46.9 Å². The number of halogens is 7. The van der Waals surface area contributed by atoms with Crippen LogP contribution in [0.1, 0.15) is 25.0 Å². The summed E-state index contributed by atoms with van der Waals surface area (Å²) < 4.78 is 95.8. The van der Waals surface area contributed by atoms with Gasteiger partial charge in [0.15, 0.2) is 0 Å². The second kappa shape index (κ2) is 9.00. The minimum Gasteiger partial charge on any atom is -0.364 e. The van der Waals surface area contributed by atoms with E-state index in [1.165, 1.54) is 19.1 Å². The van der Waals surface area contributed by atoms with Crippen LogP contribution < -0.4 is 10.2 Å². The van der Waals surface area contributed by atoms with Gasteiger partial charge in [-0.1, -0.05) is 0 Å². The van der Waals surface area contributed by atoms with Gasteiger partial charge in [-0.3, -0.25) is 0 Å². The number of hydrogen-bond donors (Lipinski definition) is 1. The molecule has 1 aliphatic rings. The van der Waals surface area contributed by atoms with Gasteiger partial charge in [0.05, 0.1) is 23.2 Å². The number of piperazine rings is 1. The highest BCUT2D eigenvalue weighted by Gasteiger charge is 2.54. The minimum atomic E-state index is -4.94. The van der Waals surface area contributed by atoms with E-state index < -0.39 is 53.6 Å². The highest BCUT2D eigenvalue weighted by Crippen LogP contribution is 2.39. The maximum atomic E-state index is 14.1. The molecule has 2 heterocycles. The Bertz CT molecular complexity index is 1110. The number of nitriles is 1. The molecular formula is C21H18F7N5O. The van der Waals surface area contributed by atoms with Crippen LogP contribution >= 0.6 is 0 Å². The second-order valence-electron chi connectivity index (χ2n) is 7.77. The molecule has 0 bridgehead atoms. The number of amides is 2. The normalized spacial score (nSPS) is 21.2. The molecule has 34 heavy (non-hydrogen) atoms. The molecular weight excluding hydrogens is 471 g/mol. The van der Waals surface area contributed by atoms with E-state index in [4.69, 9.17) is 5.26 Å². The molecule has 1 aromatic carbocycles. The molecule has 0 radical (unpaired) electrons. The summed E-state index contributed by atoms with van der Waals surface area (Å²) in [6, 6.07) is -0.00334. The molecule has 1 N–H and O–H groups in total. The SMILES string of the molecule is C[C@@H]1CN(c2ccc(C#N)c(C(F)(F)F)c2)[C@@H](C)C(C(F)(F)F)N1C(=O)Nc1ccnc(F)c1. The number of carbonyl (C=O) groups is 1. The molecule has 1 saturated heterocycles. The van der Waals surface area contributed by atoms with Crippen LogP contribution in [0.3, 0.4) is 0 Å². The molecule has 2 aromatic rings. The molecule has 0 aliphatic carbocycles. The Morgan fingerprint density at radius 2 is 1.82 bits per heavy atom. The highest BCUT2D eigenvalue weighted by molar-refractivity contribution is 5.90. The summed E-state index contributed by atoms with van der Waals surface area (Å²) >= 11 is 0. The average molecular weight is 489 g/mol. The summed E-state index contributed by atoms with van der Waals surface area (Å²) in [7, 11) is 0. The van der Waals surface area contributed by atoms with Crippen molar-refractivity contribution >= 4 is 17.4 Å². The molecule has 13 heteroatoms. The number of carbonyl (C=O) groups excluding carboxylic acids is 1. The van der Waals surface area contributed by atoms with Gasteiger partial charge in [0.1, 0.15) is 6.04 Å². The largest absolute Gasteiger partial charge is 0.417 e. The number of nitrogens with one attached hydrogen (secondary N) is 1. The number of benzene rings is 1. The fourth-order valence-electron chi connectivity index (χ4n) is 4.03. The fourth-order valence-corrected chi connectivity index (χ4v) is 4.03. The minimum absolute atomic E-state index is 0.109. The molecule has 0 spiro atoms. The first-order valence-electron chi connectivity index (χ1n) is 9.89. The molecule has 6 nitrogen and oxygen atoms in total. The third-order valence-corrected chi connectivity index (χ3v) is 5.49. The molecule has 3 atom stereocenters. The first kappa shape index (κ1) is 25.1. The molecule has 1 aromatic heterocycles. The number of rotatable bonds is 2. The number of nitrogens with zero attached hydrogens (tertiary/aromatic N) is 4. The summed E-state index contributed by atoms with van der Waals surface area (Å²) in [5, 5.41) is 11.2. The summed E-state index contributed by atoms with van der Waals surface area (Å²) in [4.78, 5) is 17.7. The molecule has 2 amide bonds. The number of urea groups is 1. The number of aromatic nitrogens is 1. The summed E-state index contributed by atoms with van der Waals surface area (Å²) in [6.45, 7) is 2.23. The maximum absolute atomic E-state index is 14.1. The first-order valence-corrected chi connectivity index (χ1v) is 9.89. The topological polar surface area (TPSA) is 72.3 Å². The molecule has 1 unspecified atom stereocenters. The second-order valence-corrected chi connectivity index (χ2v) is 7.77. The van der Waals surface area contributed by atoms with Crippen molar-refractivity contribution in [2.45, 2.75) is 44.3 Å². The van der Waals surface area contributed by atoms with Gasteiger partial charge < -0.3 is 15.1 Å². The van der Waals surface area contributed by atoms with E-state index in [9.17, 15) is 35.5 Å². The van der Waals surface area contributed by atoms with Gasteiger partial charge in [-0.2, -0.15) is 36.0 Å². The van der Waals surface area contributed by atoms with Crippen LogP contribution in [0.2, 0.25) is 0 Å².